The zero-order valence-electron chi connectivity index (χ0n) is 9.60. The fourth-order valence-electron chi connectivity index (χ4n) is 2.11. The topological polar surface area (TPSA) is 12.0 Å². The smallest absolute Gasteiger partial charge is 0.0386 e. The van der Waals surface area contributed by atoms with Crippen LogP contribution in [-0.4, -0.2) is 6.04 Å². The minimum atomic E-state index is 0.333. The SMILES string of the molecule is CC(C)(C)C1CCc2ccc(Br)cc2N1. The van der Waals surface area contributed by atoms with Gasteiger partial charge in [0.1, 0.15) is 0 Å². The van der Waals surface area contributed by atoms with Crippen molar-refractivity contribution in [2.75, 3.05) is 5.32 Å². The molecule has 0 saturated heterocycles. The number of benzene rings is 1. The second kappa shape index (κ2) is 3.82. The average Bonchev–Trinajstić information content (AvgIpc) is 2.15. The number of nitrogens with one attached hydrogen (secondary N) is 1. The molecule has 0 fully saturated rings. The van der Waals surface area contributed by atoms with Gasteiger partial charge in [-0.05, 0) is 36.0 Å². The summed E-state index contributed by atoms with van der Waals surface area (Å²) in [5.41, 5.74) is 3.08. The van der Waals surface area contributed by atoms with Crippen molar-refractivity contribution in [3.05, 3.63) is 28.2 Å². The van der Waals surface area contributed by atoms with Gasteiger partial charge < -0.3 is 5.32 Å². The Morgan fingerprint density at radius 3 is 2.73 bits per heavy atom. The van der Waals surface area contributed by atoms with Crippen LogP contribution in [0.2, 0.25) is 0 Å². The fourth-order valence-corrected chi connectivity index (χ4v) is 2.47. The number of hydrogen-bond donors (Lipinski definition) is 1. The molecular weight excluding hydrogens is 250 g/mol. The van der Waals surface area contributed by atoms with Crippen LogP contribution in [-0.2, 0) is 6.42 Å². The van der Waals surface area contributed by atoms with Crippen LogP contribution in [0.1, 0.15) is 32.8 Å². The molecule has 0 aliphatic carbocycles. The van der Waals surface area contributed by atoms with Crippen LogP contribution in [0.15, 0.2) is 22.7 Å². The second-order valence-corrected chi connectivity index (χ2v) is 6.32. The summed E-state index contributed by atoms with van der Waals surface area (Å²) < 4.78 is 1.16. The molecular formula is C13H18BrN. The molecule has 0 amide bonds. The van der Waals surface area contributed by atoms with Crippen LogP contribution in [0, 0.1) is 5.41 Å². The molecule has 0 aromatic heterocycles. The molecule has 0 spiro atoms. The van der Waals surface area contributed by atoms with Crippen molar-refractivity contribution < 1.29 is 0 Å². The van der Waals surface area contributed by atoms with Gasteiger partial charge in [0.15, 0.2) is 0 Å². The van der Waals surface area contributed by atoms with E-state index >= 15 is 0 Å². The molecule has 0 radical (unpaired) electrons. The number of fused-ring (bicyclic) bond motifs is 1. The first kappa shape index (κ1) is 11.0. The second-order valence-electron chi connectivity index (χ2n) is 5.40. The van der Waals surface area contributed by atoms with E-state index in [2.05, 4.69) is 60.2 Å². The highest BCUT2D eigenvalue weighted by molar-refractivity contribution is 9.10. The van der Waals surface area contributed by atoms with Gasteiger partial charge in [0.05, 0.1) is 0 Å². The molecule has 82 valence electrons. The van der Waals surface area contributed by atoms with Crippen LogP contribution in [0.3, 0.4) is 0 Å². The number of halogens is 1. The van der Waals surface area contributed by atoms with Crippen LogP contribution in [0.5, 0.6) is 0 Å². The van der Waals surface area contributed by atoms with E-state index in [0.717, 1.165) is 4.47 Å². The van der Waals surface area contributed by atoms with Gasteiger partial charge >= 0.3 is 0 Å². The van der Waals surface area contributed by atoms with Crippen molar-refractivity contribution in [2.24, 2.45) is 5.41 Å². The molecule has 1 unspecified atom stereocenters. The summed E-state index contributed by atoms with van der Waals surface area (Å²) in [6.45, 7) is 6.90. The molecule has 1 heterocycles. The first-order valence-corrected chi connectivity index (χ1v) is 6.31. The van der Waals surface area contributed by atoms with Crippen molar-refractivity contribution in [3.63, 3.8) is 0 Å². The van der Waals surface area contributed by atoms with Crippen molar-refractivity contribution in [1.29, 1.82) is 0 Å². The van der Waals surface area contributed by atoms with Gasteiger partial charge in [-0.3, -0.25) is 0 Å². The fraction of sp³-hybridized carbons (Fsp3) is 0.538. The molecule has 2 heteroatoms. The summed E-state index contributed by atoms with van der Waals surface area (Å²) in [6.07, 6.45) is 2.43. The Morgan fingerprint density at radius 2 is 2.07 bits per heavy atom. The zero-order valence-corrected chi connectivity index (χ0v) is 11.2. The lowest BCUT2D eigenvalue weighted by Gasteiger charge is -2.36. The van der Waals surface area contributed by atoms with E-state index in [4.69, 9.17) is 0 Å². The number of aryl methyl sites for hydroxylation is 1. The van der Waals surface area contributed by atoms with Gasteiger partial charge in [0.2, 0.25) is 0 Å². The highest BCUT2D eigenvalue weighted by Gasteiger charge is 2.27. The molecule has 2 rings (SSSR count). The molecule has 15 heavy (non-hydrogen) atoms. The molecule has 1 N–H and O–H groups in total. The third kappa shape index (κ3) is 2.36. The van der Waals surface area contributed by atoms with Gasteiger partial charge in [-0.15, -0.1) is 0 Å². The summed E-state index contributed by atoms with van der Waals surface area (Å²) in [5, 5.41) is 3.65. The predicted molar refractivity (Wildman–Crippen MR) is 69.3 cm³/mol. The van der Waals surface area contributed by atoms with E-state index in [-0.39, 0.29) is 0 Å². The van der Waals surface area contributed by atoms with Gasteiger partial charge in [-0.25, -0.2) is 0 Å². The summed E-state index contributed by atoms with van der Waals surface area (Å²) >= 11 is 3.52. The van der Waals surface area contributed by atoms with E-state index in [1.807, 2.05) is 0 Å². The highest BCUT2D eigenvalue weighted by Crippen LogP contribution is 2.34. The Hall–Kier alpha value is -0.500. The predicted octanol–water partition coefficient (Wildman–Crippen LogP) is 4.22. The number of anilines is 1. The molecule has 1 aliphatic heterocycles. The van der Waals surface area contributed by atoms with Gasteiger partial charge in [-0.2, -0.15) is 0 Å². The third-order valence-corrected chi connectivity index (χ3v) is 3.64. The minimum absolute atomic E-state index is 0.333. The lowest BCUT2D eigenvalue weighted by Crippen LogP contribution is -2.37. The maximum Gasteiger partial charge on any atom is 0.0386 e. The maximum absolute atomic E-state index is 3.65. The zero-order chi connectivity index (χ0) is 11.1. The quantitative estimate of drug-likeness (QED) is 0.742. The highest BCUT2D eigenvalue weighted by atomic mass is 79.9. The Kier molecular flexibility index (Phi) is 2.80. The van der Waals surface area contributed by atoms with Crippen molar-refractivity contribution >= 4 is 21.6 Å². The van der Waals surface area contributed by atoms with Crippen LogP contribution in [0.4, 0.5) is 5.69 Å². The largest absolute Gasteiger partial charge is 0.382 e. The van der Waals surface area contributed by atoms with Crippen LogP contribution in [0.25, 0.3) is 0 Å². The number of hydrogen-bond acceptors (Lipinski definition) is 1. The summed E-state index contributed by atoms with van der Waals surface area (Å²) in [7, 11) is 0. The van der Waals surface area contributed by atoms with Gasteiger partial charge in [0, 0.05) is 16.2 Å². The Morgan fingerprint density at radius 1 is 1.33 bits per heavy atom. The van der Waals surface area contributed by atoms with E-state index in [1.54, 1.807) is 0 Å². The number of rotatable bonds is 0. The average molecular weight is 268 g/mol. The summed E-state index contributed by atoms with van der Waals surface area (Å²) in [5.74, 6) is 0. The summed E-state index contributed by atoms with van der Waals surface area (Å²) in [6, 6.07) is 7.11. The van der Waals surface area contributed by atoms with Gasteiger partial charge in [0.25, 0.3) is 0 Å². The molecule has 0 saturated carbocycles. The van der Waals surface area contributed by atoms with E-state index in [1.165, 1.54) is 24.1 Å². The van der Waals surface area contributed by atoms with Crippen molar-refractivity contribution in [2.45, 2.75) is 39.7 Å². The van der Waals surface area contributed by atoms with E-state index in [9.17, 15) is 0 Å². The Bertz CT molecular complexity index is 365. The lowest BCUT2D eigenvalue weighted by molar-refractivity contribution is 0.321. The first-order valence-electron chi connectivity index (χ1n) is 5.52. The lowest BCUT2D eigenvalue weighted by atomic mass is 9.81. The molecule has 1 atom stereocenters. The standard InChI is InChI=1S/C13H18BrN/c1-13(2,3)12-7-5-9-4-6-10(14)8-11(9)15-12/h4,6,8,12,15H,5,7H2,1-3H3. The summed E-state index contributed by atoms with van der Waals surface area (Å²) in [4.78, 5) is 0. The Labute approximate surface area is 100 Å². The van der Waals surface area contributed by atoms with E-state index < -0.39 is 0 Å². The normalized spacial score (nSPS) is 20.7. The molecule has 0 bridgehead atoms. The molecule has 1 aromatic carbocycles. The first-order chi connectivity index (χ1) is 6.97. The Balaban J connectivity index is 2.26. The van der Waals surface area contributed by atoms with E-state index in [0.29, 0.717) is 11.5 Å². The maximum atomic E-state index is 3.65. The molecule has 1 aromatic rings. The van der Waals surface area contributed by atoms with Crippen LogP contribution < -0.4 is 5.32 Å². The third-order valence-electron chi connectivity index (χ3n) is 3.15. The minimum Gasteiger partial charge on any atom is -0.382 e. The van der Waals surface area contributed by atoms with Gasteiger partial charge in [-0.1, -0.05) is 42.8 Å². The molecule has 1 aliphatic rings. The molecule has 1 nitrogen and oxygen atoms in total. The van der Waals surface area contributed by atoms with Crippen molar-refractivity contribution in [3.8, 4) is 0 Å². The van der Waals surface area contributed by atoms with Crippen LogP contribution >= 0.6 is 15.9 Å². The van der Waals surface area contributed by atoms with Crippen molar-refractivity contribution in [1.82, 2.24) is 0 Å². The monoisotopic (exact) mass is 267 g/mol.